The van der Waals surface area contributed by atoms with Crippen LogP contribution >= 0.6 is 12.4 Å². The van der Waals surface area contributed by atoms with E-state index in [1.165, 1.54) is 7.11 Å². The molecule has 0 spiro atoms. The number of ether oxygens (including phenoxy) is 2. The van der Waals surface area contributed by atoms with Crippen LogP contribution < -0.4 is 5.32 Å². The van der Waals surface area contributed by atoms with Crippen molar-refractivity contribution >= 4 is 18.4 Å². The number of methoxy groups -OCH3 is 1. The highest BCUT2D eigenvalue weighted by atomic mass is 35.5. The molecule has 1 atom stereocenters. The number of carbonyl (C=O) groups is 1. The van der Waals surface area contributed by atoms with E-state index in [9.17, 15) is 4.79 Å². The average Bonchev–Trinajstić information content (AvgIpc) is 2.06. The Balaban J connectivity index is 0.00000121. The molecule has 1 N–H and O–H groups in total. The van der Waals surface area contributed by atoms with E-state index in [2.05, 4.69) is 10.1 Å². The molecule has 0 amide bonds. The summed E-state index contributed by atoms with van der Waals surface area (Å²) >= 11 is 0. The molecule has 72 valence electrons. The number of carbonyl (C=O) groups excluding carboxylic acids is 1. The monoisotopic (exact) mass is 195 g/mol. The molecule has 0 aromatic carbocycles. The van der Waals surface area contributed by atoms with Gasteiger partial charge in [-0.2, -0.15) is 0 Å². The first-order valence-corrected chi connectivity index (χ1v) is 3.72. The van der Waals surface area contributed by atoms with Crippen LogP contribution in [0.4, 0.5) is 0 Å². The van der Waals surface area contributed by atoms with Crippen molar-refractivity contribution in [3.8, 4) is 0 Å². The van der Waals surface area contributed by atoms with Crippen molar-refractivity contribution in [2.24, 2.45) is 0 Å². The third-order valence-electron chi connectivity index (χ3n) is 1.63. The second kappa shape index (κ2) is 6.22. The minimum Gasteiger partial charge on any atom is -0.469 e. The predicted molar refractivity (Wildman–Crippen MR) is 46.5 cm³/mol. The van der Waals surface area contributed by atoms with Crippen LogP contribution in [0.5, 0.6) is 0 Å². The van der Waals surface area contributed by atoms with Crippen LogP contribution in [0.25, 0.3) is 0 Å². The molecule has 0 bridgehead atoms. The summed E-state index contributed by atoms with van der Waals surface area (Å²) in [5.41, 5.74) is 0. The lowest BCUT2D eigenvalue weighted by Gasteiger charge is -2.22. The SMILES string of the molecule is COC(=O)CC1CNCCO1.Cl. The quantitative estimate of drug-likeness (QED) is 0.629. The molecule has 0 aromatic heterocycles. The average molecular weight is 196 g/mol. The van der Waals surface area contributed by atoms with Crippen LogP contribution in [0.15, 0.2) is 0 Å². The van der Waals surface area contributed by atoms with Gasteiger partial charge in [-0.15, -0.1) is 12.4 Å². The van der Waals surface area contributed by atoms with Gasteiger partial charge in [0.25, 0.3) is 0 Å². The van der Waals surface area contributed by atoms with Gasteiger partial charge in [0.1, 0.15) is 0 Å². The fourth-order valence-corrected chi connectivity index (χ4v) is 1.02. The van der Waals surface area contributed by atoms with Crippen LogP contribution in [0, 0.1) is 0 Å². The lowest BCUT2D eigenvalue weighted by Crippen LogP contribution is -2.39. The van der Waals surface area contributed by atoms with Gasteiger partial charge in [-0.1, -0.05) is 0 Å². The Bertz CT molecular complexity index is 137. The van der Waals surface area contributed by atoms with E-state index in [0.717, 1.165) is 13.1 Å². The van der Waals surface area contributed by atoms with E-state index in [4.69, 9.17) is 4.74 Å². The summed E-state index contributed by atoms with van der Waals surface area (Å²) in [6.45, 7) is 2.30. The van der Waals surface area contributed by atoms with Gasteiger partial charge < -0.3 is 14.8 Å². The maximum atomic E-state index is 10.8. The molecule has 0 radical (unpaired) electrons. The summed E-state index contributed by atoms with van der Waals surface area (Å²) in [7, 11) is 1.39. The third-order valence-corrected chi connectivity index (χ3v) is 1.63. The van der Waals surface area contributed by atoms with Gasteiger partial charge in [-0.25, -0.2) is 0 Å². The van der Waals surface area contributed by atoms with Crippen molar-refractivity contribution < 1.29 is 14.3 Å². The normalized spacial score (nSPS) is 22.6. The lowest BCUT2D eigenvalue weighted by atomic mass is 10.2. The smallest absolute Gasteiger partial charge is 0.308 e. The zero-order chi connectivity index (χ0) is 8.10. The zero-order valence-corrected chi connectivity index (χ0v) is 7.86. The fraction of sp³-hybridized carbons (Fsp3) is 0.857. The molecular weight excluding hydrogens is 182 g/mol. The molecule has 4 nitrogen and oxygen atoms in total. The Morgan fingerprint density at radius 3 is 3.00 bits per heavy atom. The highest BCUT2D eigenvalue weighted by Crippen LogP contribution is 2.01. The van der Waals surface area contributed by atoms with Gasteiger partial charge in [-0.3, -0.25) is 4.79 Å². The largest absolute Gasteiger partial charge is 0.469 e. The molecule has 1 unspecified atom stereocenters. The molecule has 0 saturated carbocycles. The van der Waals surface area contributed by atoms with E-state index in [1.54, 1.807) is 0 Å². The van der Waals surface area contributed by atoms with E-state index >= 15 is 0 Å². The number of hydrogen-bond donors (Lipinski definition) is 1. The van der Waals surface area contributed by atoms with Crippen molar-refractivity contribution in [2.75, 3.05) is 26.8 Å². The maximum absolute atomic E-state index is 10.8. The van der Waals surface area contributed by atoms with Crippen molar-refractivity contribution in [1.82, 2.24) is 5.32 Å². The van der Waals surface area contributed by atoms with E-state index in [1.807, 2.05) is 0 Å². The number of rotatable bonds is 2. The standard InChI is InChI=1S/C7H13NO3.ClH/c1-10-7(9)4-6-5-8-2-3-11-6;/h6,8H,2-5H2,1H3;1H. The van der Waals surface area contributed by atoms with Crippen molar-refractivity contribution in [2.45, 2.75) is 12.5 Å². The summed E-state index contributed by atoms with van der Waals surface area (Å²) in [6, 6.07) is 0. The van der Waals surface area contributed by atoms with Crippen LogP contribution in [0.3, 0.4) is 0 Å². The van der Waals surface area contributed by atoms with Gasteiger partial charge in [0, 0.05) is 13.1 Å². The number of esters is 1. The first-order valence-electron chi connectivity index (χ1n) is 3.72. The predicted octanol–water partition coefficient (Wildman–Crippen LogP) is -0.0403. The summed E-state index contributed by atoms with van der Waals surface area (Å²) in [5.74, 6) is -0.210. The summed E-state index contributed by atoms with van der Waals surface area (Å²) in [6.07, 6.45) is 0.347. The Morgan fingerprint density at radius 1 is 1.75 bits per heavy atom. The molecule has 1 rings (SSSR count). The van der Waals surface area contributed by atoms with Crippen LogP contribution in [-0.2, 0) is 14.3 Å². The molecule has 5 heteroatoms. The molecule has 0 aliphatic carbocycles. The molecule has 1 aliphatic rings. The molecule has 1 saturated heterocycles. The van der Waals surface area contributed by atoms with Gasteiger partial charge in [-0.05, 0) is 0 Å². The summed E-state index contributed by atoms with van der Waals surface area (Å²) < 4.78 is 9.79. The van der Waals surface area contributed by atoms with Gasteiger partial charge in [0.2, 0.25) is 0 Å². The molecular formula is C7H14ClNO3. The lowest BCUT2D eigenvalue weighted by molar-refractivity contribution is -0.144. The van der Waals surface area contributed by atoms with Gasteiger partial charge >= 0.3 is 5.97 Å². The molecule has 1 heterocycles. The highest BCUT2D eigenvalue weighted by Gasteiger charge is 2.16. The van der Waals surface area contributed by atoms with Crippen molar-refractivity contribution in [3.05, 3.63) is 0 Å². The van der Waals surface area contributed by atoms with E-state index in [0.29, 0.717) is 13.0 Å². The Hall–Kier alpha value is -0.320. The number of nitrogens with one attached hydrogen (secondary N) is 1. The van der Waals surface area contributed by atoms with Crippen LogP contribution in [0.2, 0.25) is 0 Å². The first kappa shape index (κ1) is 11.7. The molecule has 12 heavy (non-hydrogen) atoms. The van der Waals surface area contributed by atoms with Gasteiger partial charge in [0.15, 0.2) is 0 Å². The summed E-state index contributed by atoms with van der Waals surface area (Å²) in [5, 5.41) is 3.13. The van der Waals surface area contributed by atoms with Gasteiger partial charge in [0.05, 0.1) is 26.2 Å². The molecule has 0 aromatic rings. The summed E-state index contributed by atoms with van der Waals surface area (Å²) in [4.78, 5) is 10.8. The first-order chi connectivity index (χ1) is 5.33. The minimum atomic E-state index is -0.210. The molecule has 1 fully saturated rings. The van der Waals surface area contributed by atoms with Crippen LogP contribution in [-0.4, -0.2) is 38.9 Å². The Morgan fingerprint density at radius 2 is 2.50 bits per heavy atom. The second-order valence-corrected chi connectivity index (χ2v) is 2.48. The Kier molecular flexibility index (Phi) is 6.06. The number of halogens is 1. The third kappa shape index (κ3) is 3.90. The van der Waals surface area contributed by atoms with E-state index < -0.39 is 0 Å². The topological polar surface area (TPSA) is 47.6 Å². The van der Waals surface area contributed by atoms with Crippen molar-refractivity contribution in [1.29, 1.82) is 0 Å². The Labute approximate surface area is 78.0 Å². The van der Waals surface area contributed by atoms with Crippen molar-refractivity contribution in [3.63, 3.8) is 0 Å². The highest BCUT2D eigenvalue weighted by molar-refractivity contribution is 5.85. The number of morpholine rings is 1. The zero-order valence-electron chi connectivity index (χ0n) is 7.04. The van der Waals surface area contributed by atoms with Crippen LogP contribution in [0.1, 0.15) is 6.42 Å². The number of hydrogen-bond acceptors (Lipinski definition) is 4. The van der Waals surface area contributed by atoms with E-state index in [-0.39, 0.29) is 24.5 Å². The second-order valence-electron chi connectivity index (χ2n) is 2.48. The molecule has 1 aliphatic heterocycles. The minimum absolute atomic E-state index is 0. The maximum Gasteiger partial charge on any atom is 0.308 e. The fourth-order valence-electron chi connectivity index (χ4n) is 1.02.